The molecule has 10 aromatic rings. The molecule has 1 atom stereocenters. The molecule has 1 aliphatic rings. The zero-order chi connectivity index (χ0) is 50.9. The third-order valence-corrected chi connectivity index (χ3v) is 14.5. The van der Waals surface area contributed by atoms with E-state index in [1.807, 2.05) is 0 Å². The van der Waals surface area contributed by atoms with E-state index < -0.39 is 0 Å². The van der Waals surface area contributed by atoms with Gasteiger partial charge in [0.05, 0.1) is 0 Å². The molecule has 1 nitrogen and oxygen atoms in total. The number of benzene rings is 10. The molecule has 75 heavy (non-hydrogen) atoms. The number of hydrogen-bond donors (Lipinski definition) is 0. The lowest BCUT2D eigenvalue weighted by Crippen LogP contribution is -2.10. The molecule has 0 spiro atoms. The highest BCUT2D eigenvalue weighted by Gasteiger charge is 2.21. The van der Waals surface area contributed by atoms with Gasteiger partial charge in [0.15, 0.2) is 0 Å². The van der Waals surface area contributed by atoms with Gasteiger partial charge in [0, 0.05) is 17.1 Å². The van der Waals surface area contributed by atoms with Crippen LogP contribution in [0.2, 0.25) is 0 Å². The smallest absolute Gasteiger partial charge is 0.0462 e. The number of hydrogen-bond acceptors (Lipinski definition) is 1. The van der Waals surface area contributed by atoms with E-state index in [9.17, 15) is 0 Å². The third-order valence-electron chi connectivity index (χ3n) is 14.5. The second-order valence-electron chi connectivity index (χ2n) is 19.9. The lowest BCUT2D eigenvalue weighted by molar-refractivity contribution is 0.734. The minimum Gasteiger partial charge on any atom is -0.311 e. The Hall–Kier alpha value is -9.04. The van der Waals surface area contributed by atoms with Crippen LogP contribution in [0.25, 0.3) is 44.5 Å². The molecule has 1 aliphatic carbocycles. The molecule has 0 N–H and O–H groups in total. The molecule has 0 radical (unpaired) electrons. The minimum absolute atomic E-state index is 0.445. The van der Waals surface area contributed by atoms with Crippen molar-refractivity contribution >= 4 is 39.4 Å². The Morgan fingerprint density at radius 1 is 0.333 bits per heavy atom. The summed E-state index contributed by atoms with van der Waals surface area (Å²) in [4.78, 5) is 2.37. The Morgan fingerprint density at radius 2 is 0.613 bits per heavy atom. The zero-order valence-electron chi connectivity index (χ0n) is 43.0. The standard InChI is InChI=1S/C74H61N/c1-53(2)55-41-47-68(48-42-55)75(69-49-43-58(44-50-69)56-33-37-66(38-34-56)73(63-25-15-7-16-26-63)71(60-19-9-4-10-20-60)61-21-11-5-12-22-61)70-51-45-59(46-52-70)57-35-39-67(40-36-57)74(64-27-17-8-18-28-64)72(62-23-13-6-14-24-62)65-31-29-54(3)30-32-65/h4-29,31-54H,30H2,1-3H3/b74-72+. The summed E-state index contributed by atoms with van der Waals surface area (Å²) in [6, 6.07) is 99.4. The van der Waals surface area contributed by atoms with Crippen molar-refractivity contribution in [3.8, 4) is 22.3 Å². The van der Waals surface area contributed by atoms with E-state index in [1.165, 1.54) is 94.6 Å². The normalized spacial score (nSPS) is 13.4. The van der Waals surface area contributed by atoms with Gasteiger partial charge in [-0.05, 0) is 149 Å². The van der Waals surface area contributed by atoms with Crippen molar-refractivity contribution in [3.63, 3.8) is 0 Å². The van der Waals surface area contributed by atoms with Crippen LogP contribution in [0, 0.1) is 5.92 Å². The van der Waals surface area contributed by atoms with Crippen LogP contribution in [0.15, 0.2) is 297 Å². The highest BCUT2D eigenvalue weighted by molar-refractivity contribution is 6.06. The van der Waals surface area contributed by atoms with Crippen molar-refractivity contribution in [1.29, 1.82) is 0 Å². The quantitative estimate of drug-likeness (QED) is 0.0982. The van der Waals surface area contributed by atoms with E-state index in [0.717, 1.165) is 23.5 Å². The highest BCUT2D eigenvalue weighted by Crippen LogP contribution is 2.42. The van der Waals surface area contributed by atoms with Crippen LogP contribution in [0.1, 0.15) is 77.6 Å². The Bertz CT molecular complexity index is 3560. The van der Waals surface area contributed by atoms with Crippen molar-refractivity contribution in [1.82, 2.24) is 0 Å². The van der Waals surface area contributed by atoms with Gasteiger partial charge in [0.2, 0.25) is 0 Å². The predicted molar refractivity (Wildman–Crippen MR) is 320 cm³/mol. The Balaban J connectivity index is 0.916. The molecule has 1 heteroatoms. The van der Waals surface area contributed by atoms with Gasteiger partial charge >= 0.3 is 0 Å². The van der Waals surface area contributed by atoms with Crippen molar-refractivity contribution in [2.24, 2.45) is 5.92 Å². The molecular weight excluding hydrogens is 903 g/mol. The van der Waals surface area contributed by atoms with Crippen LogP contribution in [0.3, 0.4) is 0 Å². The summed E-state index contributed by atoms with van der Waals surface area (Å²) in [6.45, 7) is 6.79. The fraction of sp³-hybridized carbons (Fsp3) is 0.0811. The Labute approximate surface area is 444 Å². The Kier molecular flexibility index (Phi) is 14.4. The first-order valence-electron chi connectivity index (χ1n) is 26.4. The number of allylic oxidation sites excluding steroid dienone is 5. The molecule has 0 amide bonds. The van der Waals surface area contributed by atoms with E-state index in [0.29, 0.717) is 11.8 Å². The Morgan fingerprint density at radius 3 is 0.920 bits per heavy atom. The van der Waals surface area contributed by atoms with E-state index in [2.05, 4.69) is 317 Å². The van der Waals surface area contributed by atoms with Gasteiger partial charge in [-0.3, -0.25) is 0 Å². The second kappa shape index (κ2) is 22.4. The lowest BCUT2D eigenvalue weighted by atomic mass is 9.83. The average Bonchev–Trinajstić information content (AvgIpc) is 3.48. The van der Waals surface area contributed by atoms with E-state index >= 15 is 0 Å². The van der Waals surface area contributed by atoms with E-state index in [4.69, 9.17) is 0 Å². The molecule has 0 aliphatic heterocycles. The summed E-state index contributed by atoms with van der Waals surface area (Å²) in [7, 11) is 0. The zero-order valence-corrected chi connectivity index (χ0v) is 43.0. The molecule has 0 saturated heterocycles. The molecule has 0 aromatic heterocycles. The van der Waals surface area contributed by atoms with Crippen molar-refractivity contribution in [2.45, 2.75) is 33.1 Å². The van der Waals surface area contributed by atoms with Gasteiger partial charge in [-0.2, -0.15) is 0 Å². The summed E-state index contributed by atoms with van der Waals surface area (Å²) in [6.07, 6.45) is 8.11. The van der Waals surface area contributed by atoms with Gasteiger partial charge in [-0.15, -0.1) is 0 Å². The summed E-state index contributed by atoms with van der Waals surface area (Å²) in [5.74, 6) is 0.975. The second-order valence-corrected chi connectivity index (χ2v) is 19.9. The van der Waals surface area contributed by atoms with Crippen molar-refractivity contribution in [2.75, 3.05) is 4.90 Å². The summed E-state index contributed by atoms with van der Waals surface area (Å²) >= 11 is 0. The van der Waals surface area contributed by atoms with Crippen LogP contribution < -0.4 is 4.90 Å². The van der Waals surface area contributed by atoms with Gasteiger partial charge in [-0.1, -0.05) is 276 Å². The number of anilines is 3. The van der Waals surface area contributed by atoms with E-state index in [1.54, 1.807) is 0 Å². The van der Waals surface area contributed by atoms with Crippen LogP contribution in [0.4, 0.5) is 17.1 Å². The maximum Gasteiger partial charge on any atom is 0.0462 e. The first-order chi connectivity index (χ1) is 36.9. The highest BCUT2D eigenvalue weighted by atomic mass is 15.1. The van der Waals surface area contributed by atoms with Gasteiger partial charge in [0.25, 0.3) is 0 Å². The molecule has 0 heterocycles. The van der Waals surface area contributed by atoms with Crippen LogP contribution in [-0.2, 0) is 0 Å². The van der Waals surface area contributed by atoms with E-state index in [-0.39, 0.29) is 0 Å². The van der Waals surface area contributed by atoms with Gasteiger partial charge in [-0.25, -0.2) is 0 Å². The molecule has 0 bridgehead atoms. The summed E-state index contributed by atoms with van der Waals surface area (Å²) < 4.78 is 0. The van der Waals surface area contributed by atoms with Crippen molar-refractivity contribution < 1.29 is 0 Å². The summed E-state index contributed by atoms with van der Waals surface area (Å²) in [5.41, 5.74) is 23.9. The number of rotatable bonds is 14. The largest absolute Gasteiger partial charge is 0.311 e. The predicted octanol–water partition coefficient (Wildman–Crippen LogP) is 20.1. The molecule has 11 rings (SSSR count). The SMILES string of the molecule is CC1C=CC(/C(=C(\c2ccccc2)c2ccc(-c3ccc(N(c4ccc(-c5ccc(C(=C(c6ccccc6)c6ccccc6)c6ccccc6)cc5)cc4)c4ccc(C(C)C)cc4)cc3)cc2)c2ccccc2)=CC1. The minimum atomic E-state index is 0.445. The van der Waals surface area contributed by atoms with Crippen LogP contribution in [0.5, 0.6) is 0 Å². The summed E-state index contributed by atoms with van der Waals surface area (Å²) in [5, 5.41) is 0. The molecule has 0 fully saturated rings. The average molecular weight is 964 g/mol. The fourth-order valence-corrected chi connectivity index (χ4v) is 10.5. The third kappa shape index (κ3) is 10.7. The molecule has 0 saturated carbocycles. The lowest BCUT2D eigenvalue weighted by Gasteiger charge is -2.26. The topological polar surface area (TPSA) is 3.24 Å². The van der Waals surface area contributed by atoms with Crippen LogP contribution >= 0.6 is 0 Å². The molecule has 10 aromatic carbocycles. The first-order valence-corrected chi connectivity index (χ1v) is 26.4. The van der Waals surface area contributed by atoms with Crippen LogP contribution in [-0.4, -0.2) is 0 Å². The maximum absolute atomic E-state index is 2.41. The molecule has 362 valence electrons. The van der Waals surface area contributed by atoms with Crippen molar-refractivity contribution in [3.05, 3.63) is 341 Å². The number of nitrogens with zero attached hydrogens (tertiary/aromatic N) is 1. The van der Waals surface area contributed by atoms with Gasteiger partial charge in [0.1, 0.15) is 0 Å². The van der Waals surface area contributed by atoms with Gasteiger partial charge < -0.3 is 4.90 Å². The molecular formula is C74H61N. The molecule has 1 unspecified atom stereocenters. The first kappa shape index (κ1) is 48.2. The maximum atomic E-state index is 2.41. The monoisotopic (exact) mass is 963 g/mol. The fourth-order valence-electron chi connectivity index (χ4n) is 10.5.